The van der Waals surface area contributed by atoms with E-state index in [9.17, 15) is 9.59 Å². The van der Waals surface area contributed by atoms with E-state index in [1.54, 1.807) is 6.07 Å². The Morgan fingerprint density at radius 1 is 1.24 bits per heavy atom. The number of ether oxygens (including phenoxy) is 1. The van der Waals surface area contributed by atoms with E-state index < -0.39 is 0 Å². The van der Waals surface area contributed by atoms with Crippen molar-refractivity contribution in [2.45, 2.75) is 26.3 Å². The predicted octanol–water partition coefficient (Wildman–Crippen LogP) is 1.69. The maximum atomic E-state index is 12.7. The normalized spacial score (nSPS) is 28.1. The number of nitrogens with two attached hydrogens (primary N) is 1. The third-order valence-corrected chi connectivity index (χ3v) is 4.62. The summed E-state index contributed by atoms with van der Waals surface area (Å²) in [5.74, 6) is 0.391. The van der Waals surface area contributed by atoms with E-state index in [0.29, 0.717) is 17.4 Å². The first-order valence-corrected chi connectivity index (χ1v) is 7.32. The molecule has 0 aromatic heterocycles. The number of carbonyl (C=O) groups excluding carboxylic acids is 2. The zero-order valence-electron chi connectivity index (χ0n) is 12.3. The molecule has 1 aliphatic heterocycles. The lowest BCUT2D eigenvalue weighted by atomic mass is 10.00. The van der Waals surface area contributed by atoms with Crippen molar-refractivity contribution >= 4 is 17.5 Å². The molecule has 2 unspecified atom stereocenters. The molecule has 1 heterocycles. The highest BCUT2D eigenvalue weighted by Crippen LogP contribution is 2.46. The van der Waals surface area contributed by atoms with Gasteiger partial charge in [0.25, 0.3) is 0 Å². The number of methoxy groups -OCH3 is 1. The van der Waals surface area contributed by atoms with Gasteiger partial charge in [0.15, 0.2) is 0 Å². The molecule has 3 rings (SSSR count). The van der Waals surface area contributed by atoms with Gasteiger partial charge in [-0.1, -0.05) is 19.1 Å². The largest absolute Gasteiger partial charge is 0.495 e. The Morgan fingerprint density at radius 2 is 1.86 bits per heavy atom. The lowest BCUT2D eigenvalue weighted by Gasteiger charge is -2.22. The number of rotatable bonds is 3. The quantitative estimate of drug-likeness (QED) is 0.859. The second kappa shape index (κ2) is 5.15. The van der Waals surface area contributed by atoms with Crippen LogP contribution in [0.1, 0.15) is 25.3 Å². The van der Waals surface area contributed by atoms with Gasteiger partial charge in [-0.15, -0.1) is 0 Å². The topological polar surface area (TPSA) is 72.6 Å². The highest BCUT2D eigenvalue weighted by molar-refractivity contribution is 6.23. The standard InChI is InChI=1S/C16H20N2O3/c1-9-6-11-12(7-9)16(20)18(15(11)19)14-10(8-17)4-3-5-13(14)21-2/h3-5,9,11-12H,6-8,17H2,1-2H3. The van der Waals surface area contributed by atoms with Gasteiger partial charge in [-0.2, -0.15) is 0 Å². The number of carbonyl (C=O) groups is 2. The molecule has 2 amide bonds. The molecule has 1 aromatic carbocycles. The van der Waals surface area contributed by atoms with E-state index in [1.165, 1.54) is 12.0 Å². The number of para-hydroxylation sites is 1. The Hall–Kier alpha value is -1.88. The Bertz CT molecular complexity index is 553. The van der Waals surface area contributed by atoms with Crippen molar-refractivity contribution in [2.75, 3.05) is 12.0 Å². The number of nitrogens with zero attached hydrogens (tertiary/aromatic N) is 1. The van der Waals surface area contributed by atoms with Gasteiger partial charge in [-0.3, -0.25) is 9.59 Å². The second-order valence-electron chi connectivity index (χ2n) is 5.97. The smallest absolute Gasteiger partial charge is 0.237 e. The van der Waals surface area contributed by atoms with Gasteiger partial charge >= 0.3 is 0 Å². The second-order valence-corrected chi connectivity index (χ2v) is 5.97. The summed E-state index contributed by atoms with van der Waals surface area (Å²) in [6, 6.07) is 5.40. The molecular formula is C16H20N2O3. The van der Waals surface area contributed by atoms with Gasteiger partial charge in [0.2, 0.25) is 11.8 Å². The minimum Gasteiger partial charge on any atom is -0.495 e. The van der Waals surface area contributed by atoms with Crippen molar-refractivity contribution in [1.82, 2.24) is 0 Å². The summed E-state index contributed by atoms with van der Waals surface area (Å²) in [7, 11) is 1.53. The first-order chi connectivity index (χ1) is 10.1. The number of hydrogen-bond donors (Lipinski definition) is 1. The molecule has 2 fully saturated rings. The summed E-state index contributed by atoms with van der Waals surface area (Å²) in [5, 5.41) is 0. The Balaban J connectivity index is 2.06. The molecule has 0 spiro atoms. The Morgan fingerprint density at radius 3 is 2.38 bits per heavy atom. The average molecular weight is 288 g/mol. The van der Waals surface area contributed by atoms with Crippen LogP contribution < -0.4 is 15.4 Å². The van der Waals surface area contributed by atoms with Gasteiger partial charge in [-0.25, -0.2) is 4.90 Å². The van der Waals surface area contributed by atoms with Crippen molar-refractivity contribution < 1.29 is 14.3 Å². The molecule has 1 aliphatic carbocycles. The molecule has 21 heavy (non-hydrogen) atoms. The minimum absolute atomic E-state index is 0.103. The summed E-state index contributed by atoms with van der Waals surface area (Å²) >= 11 is 0. The van der Waals surface area contributed by atoms with Crippen LogP contribution >= 0.6 is 0 Å². The van der Waals surface area contributed by atoms with Gasteiger partial charge < -0.3 is 10.5 Å². The van der Waals surface area contributed by atoms with Crippen LogP contribution in [-0.2, 0) is 16.1 Å². The highest BCUT2D eigenvalue weighted by atomic mass is 16.5. The zero-order chi connectivity index (χ0) is 15.1. The number of imide groups is 1. The lowest BCUT2D eigenvalue weighted by molar-refractivity contribution is -0.123. The lowest BCUT2D eigenvalue weighted by Crippen LogP contribution is -2.33. The van der Waals surface area contributed by atoms with E-state index in [0.717, 1.165) is 18.4 Å². The van der Waals surface area contributed by atoms with Gasteiger partial charge in [0.05, 0.1) is 24.6 Å². The van der Waals surface area contributed by atoms with E-state index in [4.69, 9.17) is 10.5 Å². The van der Waals surface area contributed by atoms with Crippen molar-refractivity contribution in [1.29, 1.82) is 0 Å². The molecule has 5 nitrogen and oxygen atoms in total. The van der Waals surface area contributed by atoms with Crippen LogP contribution in [0.4, 0.5) is 5.69 Å². The molecule has 112 valence electrons. The molecule has 1 saturated carbocycles. The molecular weight excluding hydrogens is 268 g/mol. The van der Waals surface area contributed by atoms with Gasteiger partial charge in [0.1, 0.15) is 5.75 Å². The molecule has 5 heteroatoms. The number of anilines is 1. The van der Waals surface area contributed by atoms with Crippen LogP contribution in [0, 0.1) is 17.8 Å². The van der Waals surface area contributed by atoms with E-state index in [1.807, 2.05) is 12.1 Å². The van der Waals surface area contributed by atoms with Crippen LogP contribution in [0.2, 0.25) is 0 Å². The van der Waals surface area contributed by atoms with E-state index >= 15 is 0 Å². The summed E-state index contributed by atoms with van der Waals surface area (Å²) in [6.07, 6.45) is 1.58. The van der Waals surface area contributed by atoms with Crippen molar-refractivity contribution in [2.24, 2.45) is 23.5 Å². The maximum Gasteiger partial charge on any atom is 0.237 e. The summed E-state index contributed by atoms with van der Waals surface area (Å²) in [6.45, 7) is 2.35. The van der Waals surface area contributed by atoms with Crippen LogP contribution in [0.3, 0.4) is 0 Å². The summed E-state index contributed by atoms with van der Waals surface area (Å²) in [5.41, 5.74) is 7.05. The Labute approximate surface area is 124 Å². The number of benzene rings is 1. The van der Waals surface area contributed by atoms with Gasteiger partial charge in [0, 0.05) is 6.54 Å². The van der Waals surface area contributed by atoms with E-state index in [-0.39, 0.29) is 30.2 Å². The van der Waals surface area contributed by atoms with E-state index in [2.05, 4.69) is 6.92 Å². The van der Waals surface area contributed by atoms with Crippen LogP contribution in [-0.4, -0.2) is 18.9 Å². The number of amides is 2. The molecule has 0 bridgehead atoms. The molecule has 1 saturated heterocycles. The van der Waals surface area contributed by atoms with Crippen molar-refractivity contribution in [3.05, 3.63) is 23.8 Å². The van der Waals surface area contributed by atoms with Crippen LogP contribution in [0.15, 0.2) is 18.2 Å². The third-order valence-electron chi connectivity index (χ3n) is 4.62. The fourth-order valence-corrected chi connectivity index (χ4v) is 3.65. The molecule has 1 aromatic rings. The molecule has 2 aliphatic rings. The third kappa shape index (κ3) is 2.03. The first kappa shape index (κ1) is 14.1. The zero-order valence-corrected chi connectivity index (χ0v) is 12.3. The van der Waals surface area contributed by atoms with Crippen LogP contribution in [0.5, 0.6) is 5.75 Å². The number of hydrogen-bond acceptors (Lipinski definition) is 4. The van der Waals surface area contributed by atoms with Crippen molar-refractivity contribution in [3.63, 3.8) is 0 Å². The fraction of sp³-hybridized carbons (Fsp3) is 0.500. The molecule has 2 N–H and O–H groups in total. The maximum absolute atomic E-state index is 12.7. The fourth-order valence-electron chi connectivity index (χ4n) is 3.65. The summed E-state index contributed by atoms with van der Waals surface area (Å²) in [4.78, 5) is 26.7. The summed E-state index contributed by atoms with van der Waals surface area (Å²) < 4.78 is 5.34. The van der Waals surface area contributed by atoms with Gasteiger partial charge in [-0.05, 0) is 30.4 Å². The monoisotopic (exact) mass is 288 g/mol. The molecule has 2 atom stereocenters. The number of fused-ring (bicyclic) bond motifs is 1. The molecule has 0 radical (unpaired) electrons. The minimum atomic E-state index is -0.178. The average Bonchev–Trinajstić information content (AvgIpc) is 2.97. The van der Waals surface area contributed by atoms with Crippen molar-refractivity contribution in [3.8, 4) is 5.75 Å². The highest BCUT2D eigenvalue weighted by Gasteiger charge is 2.53. The van der Waals surface area contributed by atoms with Crippen LogP contribution in [0.25, 0.3) is 0 Å². The predicted molar refractivity (Wildman–Crippen MR) is 78.8 cm³/mol. The first-order valence-electron chi connectivity index (χ1n) is 7.32. The Kier molecular flexibility index (Phi) is 3.45. The SMILES string of the molecule is COc1cccc(CN)c1N1C(=O)C2CC(C)CC2C1=O.